The molecule has 0 unspecified atom stereocenters. The Bertz CT molecular complexity index is 266. The van der Waals surface area contributed by atoms with Crippen molar-refractivity contribution in [2.75, 3.05) is 0 Å². The van der Waals surface area contributed by atoms with E-state index in [1.165, 1.54) is 0 Å². The quantitative estimate of drug-likeness (QED) is 0.512. The third kappa shape index (κ3) is 5.45. The molecule has 0 aliphatic rings. The number of carbonyl (C=O) groups is 3. The first-order valence-electron chi connectivity index (χ1n) is 5.11. The molecule has 2 atom stereocenters. The first kappa shape index (κ1) is 14.6. The second-order valence-corrected chi connectivity index (χ2v) is 3.96. The maximum absolute atomic E-state index is 11.3. The van der Waals surface area contributed by atoms with Crippen molar-refractivity contribution in [2.24, 2.45) is 11.7 Å². The number of rotatable bonds is 7. The molecule has 0 aromatic rings. The molecule has 0 aromatic carbocycles. The second kappa shape index (κ2) is 6.95. The van der Waals surface area contributed by atoms with E-state index in [2.05, 4.69) is 5.32 Å². The molecule has 0 spiro atoms. The maximum Gasteiger partial charge on any atom is 0.320 e. The number of hydrogen-bond donors (Lipinski definition) is 3. The van der Waals surface area contributed by atoms with Crippen LogP contribution in [-0.2, 0) is 14.4 Å². The van der Waals surface area contributed by atoms with E-state index >= 15 is 0 Å². The minimum absolute atomic E-state index is 0.00449. The van der Waals surface area contributed by atoms with Gasteiger partial charge < -0.3 is 21.0 Å². The fourth-order valence-corrected chi connectivity index (χ4v) is 1.03. The van der Waals surface area contributed by atoms with Crippen LogP contribution in [0.2, 0.25) is 0 Å². The monoisotopic (exact) mass is 230 g/mol. The third-order valence-corrected chi connectivity index (χ3v) is 2.19. The van der Waals surface area contributed by atoms with Crippen molar-refractivity contribution in [3.8, 4) is 0 Å². The molecule has 0 rings (SSSR count). The van der Waals surface area contributed by atoms with Crippen molar-refractivity contribution in [1.29, 1.82) is 0 Å². The summed E-state index contributed by atoms with van der Waals surface area (Å²) in [5.74, 6) is -1.49. The number of hydrogen-bond acceptors (Lipinski definition) is 4. The fraction of sp³-hybridized carbons (Fsp3) is 0.700. The minimum atomic E-state index is -1.14. The molecule has 92 valence electrons. The molecule has 0 aromatic heterocycles. The van der Waals surface area contributed by atoms with Crippen LogP contribution in [0.5, 0.6) is 0 Å². The van der Waals surface area contributed by atoms with Crippen molar-refractivity contribution in [1.82, 2.24) is 5.32 Å². The largest absolute Gasteiger partial charge is 0.480 e. The highest BCUT2D eigenvalue weighted by Gasteiger charge is 2.17. The molecule has 6 nitrogen and oxygen atoms in total. The molecule has 0 saturated heterocycles. The van der Waals surface area contributed by atoms with Gasteiger partial charge in [-0.3, -0.25) is 9.59 Å². The summed E-state index contributed by atoms with van der Waals surface area (Å²) in [6, 6.07) is -1.58. The molecule has 0 fully saturated rings. The highest BCUT2D eigenvalue weighted by Crippen LogP contribution is 2.00. The summed E-state index contributed by atoms with van der Waals surface area (Å²) < 4.78 is 0. The summed E-state index contributed by atoms with van der Waals surface area (Å²) in [4.78, 5) is 32.3. The number of aliphatic carboxylic acids is 1. The molecule has 0 heterocycles. The van der Waals surface area contributed by atoms with Crippen LogP contribution in [0.4, 0.5) is 0 Å². The second-order valence-electron chi connectivity index (χ2n) is 3.96. The van der Waals surface area contributed by atoms with E-state index in [0.717, 1.165) is 0 Å². The zero-order valence-electron chi connectivity index (χ0n) is 9.47. The van der Waals surface area contributed by atoms with Crippen molar-refractivity contribution in [2.45, 2.75) is 38.8 Å². The predicted octanol–water partition coefficient (Wildman–Crippen LogP) is -0.482. The lowest BCUT2D eigenvalue weighted by molar-refractivity contribution is -0.138. The van der Waals surface area contributed by atoms with Gasteiger partial charge in [-0.05, 0) is 12.3 Å². The zero-order chi connectivity index (χ0) is 12.7. The van der Waals surface area contributed by atoms with Gasteiger partial charge in [-0.15, -0.1) is 0 Å². The molecular weight excluding hydrogens is 212 g/mol. The average Bonchev–Trinajstić information content (AvgIpc) is 2.21. The van der Waals surface area contributed by atoms with Crippen LogP contribution >= 0.6 is 0 Å². The van der Waals surface area contributed by atoms with Crippen molar-refractivity contribution in [3.05, 3.63) is 0 Å². The summed E-state index contributed by atoms with van der Waals surface area (Å²) in [5.41, 5.74) is 5.24. The minimum Gasteiger partial charge on any atom is -0.480 e. The van der Waals surface area contributed by atoms with Gasteiger partial charge in [0, 0.05) is 6.42 Å². The molecule has 0 aliphatic carbocycles. The Balaban J connectivity index is 3.99. The topological polar surface area (TPSA) is 109 Å². The lowest BCUT2D eigenvalue weighted by Crippen LogP contribution is -2.40. The summed E-state index contributed by atoms with van der Waals surface area (Å²) in [6.07, 6.45) is 0.731. The number of aldehydes is 1. The smallest absolute Gasteiger partial charge is 0.320 e. The summed E-state index contributed by atoms with van der Waals surface area (Å²) >= 11 is 0. The first-order chi connectivity index (χ1) is 7.38. The molecule has 4 N–H and O–H groups in total. The molecule has 0 radical (unpaired) electrons. The molecular formula is C10H18N2O4. The highest BCUT2D eigenvalue weighted by molar-refractivity contribution is 5.80. The van der Waals surface area contributed by atoms with Gasteiger partial charge in [0.25, 0.3) is 0 Å². The fourth-order valence-electron chi connectivity index (χ4n) is 1.03. The maximum atomic E-state index is 11.3. The van der Waals surface area contributed by atoms with Gasteiger partial charge in [0.2, 0.25) is 5.91 Å². The Morgan fingerprint density at radius 2 is 2.00 bits per heavy atom. The van der Waals surface area contributed by atoms with Gasteiger partial charge in [0.1, 0.15) is 12.3 Å². The SMILES string of the molecule is CC(C)[C@@H](C=O)NC(=O)CC[C@H](N)C(=O)O. The number of carboxylic acids is 1. The van der Waals surface area contributed by atoms with E-state index in [4.69, 9.17) is 10.8 Å². The Labute approximate surface area is 94.2 Å². The summed E-state index contributed by atoms with van der Waals surface area (Å²) in [5, 5.41) is 11.0. The Hall–Kier alpha value is -1.43. The van der Waals surface area contributed by atoms with Crippen LogP contribution in [0, 0.1) is 5.92 Å². The first-order valence-corrected chi connectivity index (χ1v) is 5.11. The van der Waals surface area contributed by atoms with E-state index in [-0.39, 0.29) is 24.7 Å². The van der Waals surface area contributed by atoms with Crippen LogP contribution in [0.25, 0.3) is 0 Å². The number of carbonyl (C=O) groups excluding carboxylic acids is 2. The zero-order valence-corrected chi connectivity index (χ0v) is 9.47. The Kier molecular flexibility index (Phi) is 6.32. The van der Waals surface area contributed by atoms with E-state index in [1.54, 1.807) is 0 Å². The molecule has 1 amide bonds. The van der Waals surface area contributed by atoms with Crippen LogP contribution in [-0.4, -0.2) is 35.4 Å². The molecule has 0 saturated carbocycles. The van der Waals surface area contributed by atoms with Gasteiger partial charge in [-0.2, -0.15) is 0 Å². The van der Waals surface area contributed by atoms with Gasteiger partial charge in [0.05, 0.1) is 6.04 Å². The number of carboxylic acid groups (broad SMARTS) is 1. The number of nitrogens with two attached hydrogens (primary N) is 1. The van der Waals surface area contributed by atoms with Gasteiger partial charge in [0.15, 0.2) is 0 Å². The van der Waals surface area contributed by atoms with Crippen molar-refractivity contribution >= 4 is 18.2 Å². The van der Waals surface area contributed by atoms with E-state index in [1.807, 2.05) is 13.8 Å². The van der Waals surface area contributed by atoms with E-state index in [9.17, 15) is 14.4 Å². The molecule has 16 heavy (non-hydrogen) atoms. The van der Waals surface area contributed by atoms with Crippen LogP contribution in [0.3, 0.4) is 0 Å². The van der Waals surface area contributed by atoms with E-state index < -0.39 is 18.1 Å². The average molecular weight is 230 g/mol. The lowest BCUT2D eigenvalue weighted by Gasteiger charge is -2.16. The van der Waals surface area contributed by atoms with Gasteiger partial charge >= 0.3 is 5.97 Å². The lowest BCUT2D eigenvalue weighted by atomic mass is 10.1. The van der Waals surface area contributed by atoms with Crippen LogP contribution in [0.1, 0.15) is 26.7 Å². The van der Waals surface area contributed by atoms with E-state index in [0.29, 0.717) is 6.29 Å². The summed E-state index contributed by atoms with van der Waals surface area (Å²) in [7, 11) is 0. The third-order valence-electron chi connectivity index (χ3n) is 2.19. The van der Waals surface area contributed by atoms with Crippen LogP contribution < -0.4 is 11.1 Å². The van der Waals surface area contributed by atoms with Gasteiger partial charge in [-0.1, -0.05) is 13.8 Å². The number of nitrogens with one attached hydrogen (secondary N) is 1. The normalized spacial score (nSPS) is 14.2. The predicted molar refractivity (Wildman–Crippen MR) is 57.7 cm³/mol. The molecule has 0 aliphatic heterocycles. The van der Waals surface area contributed by atoms with Crippen molar-refractivity contribution < 1.29 is 19.5 Å². The number of amides is 1. The standard InChI is InChI=1S/C10H18N2O4/c1-6(2)8(5-13)12-9(14)4-3-7(11)10(15)16/h5-8H,3-4,11H2,1-2H3,(H,12,14)(H,15,16)/t7-,8+/m0/s1. The summed E-state index contributed by atoms with van der Waals surface area (Å²) in [6.45, 7) is 3.62. The molecule has 0 bridgehead atoms. The van der Waals surface area contributed by atoms with Crippen LogP contribution in [0.15, 0.2) is 0 Å². The Morgan fingerprint density at radius 1 is 1.44 bits per heavy atom. The van der Waals surface area contributed by atoms with Gasteiger partial charge in [-0.25, -0.2) is 0 Å². The van der Waals surface area contributed by atoms with Crippen molar-refractivity contribution in [3.63, 3.8) is 0 Å². The highest BCUT2D eigenvalue weighted by atomic mass is 16.4. The Morgan fingerprint density at radius 3 is 2.38 bits per heavy atom. The molecule has 6 heteroatoms.